The fourth-order valence-corrected chi connectivity index (χ4v) is 3.99. The molecule has 0 saturated carbocycles. The SMILES string of the molecule is CNCCOc1ccc2cc(/C=C/C(=O)CC(=O)/C=C/c3ccc4cc(OCCN)ccc4c3)ccc2c1. The normalized spacial score (nSPS) is 11.5. The predicted octanol–water partition coefficient (Wildman–Crippen LogP) is 5.18. The van der Waals surface area contributed by atoms with Crippen molar-refractivity contribution < 1.29 is 19.1 Å². The maximum absolute atomic E-state index is 12.4. The van der Waals surface area contributed by atoms with E-state index in [1.165, 1.54) is 12.2 Å². The molecule has 0 aromatic heterocycles. The summed E-state index contributed by atoms with van der Waals surface area (Å²) in [5.74, 6) is 1.12. The van der Waals surface area contributed by atoms with Crippen molar-refractivity contribution in [3.05, 3.63) is 96.1 Å². The molecule has 0 amide bonds. The monoisotopic (exact) mass is 508 g/mol. The molecule has 194 valence electrons. The van der Waals surface area contributed by atoms with Gasteiger partial charge in [0.2, 0.25) is 0 Å². The summed E-state index contributed by atoms with van der Waals surface area (Å²) in [4.78, 5) is 24.7. The van der Waals surface area contributed by atoms with Crippen molar-refractivity contribution >= 4 is 45.3 Å². The lowest BCUT2D eigenvalue weighted by molar-refractivity contribution is -0.121. The number of benzene rings is 4. The Labute approximate surface area is 222 Å². The first-order valence-electron chi connectivity index (χ1n) is 12.6. The summed E-state index contributed by atoms with van der Waals surface area (Å²) in [6, 6.07) is 23.6. The Morgan fingerprint density at radius 2 is 1.18 bits per heavy atom. The Morgan fingerprint density at radius 1 is 0.711 bits per heavy atom. The van der Waals surface area contributed by atoms with Crippen LogP contribution in [0.2, 0.25) is 0 Å². The summed E-state index contributed by atoms with van der Waals surface area (Å²) in [5, 5.41) is 7.23. The molecular formula is C32H32N2O4. The molecule has 4 aromatic rings. The van der Waals surface area contributed by atoms with Crippen molar-refractivity contribution in [3.63, 3.8) is 0 Å². The van der Waals surface area contributed by atoms with Gasteiger partial charge in [0.1, 0.15) is 24.7 Å². The van der Waals surface area contributed by atoms with Gasteiger partial charge in [0, 0.05) is 13.1 Å². The molecule has 0 aliphatic carbocycles. The van der Waals surface area contributed by atoms with Crippen LogP contribution in [0, 0.1) is 0 Å². The minimum absolute atomic E-state index is 0.177. The molecule has 6 heteroatoms. The smallest absolute Gasteiger partial charge is 0.163 e. The highest BCUT2D eigenvalue weighted by Crippen LogP contribution is 2.24. The summed E-state index contributed by atoms with van der Waals surface area (Å²) < 4.78 is 11.3. The second-order valence-electron chi connectivity index (χ2n) is 8.90. The van der Waals surface area contributed by atoms with Crippen LogP contribution in [0.3, 0.4) is 0 Å². The van der Waals surface area contributed by atoms with Crippen LogP contribution in [-0.4, -0.2) is 44.9 Å². The van der Waals surface area contributed by atoms with E-state index in [9.17, 15) is 9.59 Å². The first-order chi connectivity index (χ1) is 18.5. The number of ether oxygens (including phenoxy) is 2. The van der Waals surface area contributed by atoms with Crippen molar-refractivity contribution in [1.29, 1.82) is 0 Å². The quantitative estimate of drug-likeness (QED) is 0.147. The molecule has 3 N–H and O–H groups in total. The van der Waals surface area contributed by atoms with Crippen LogP contribution < -0.4 is 20.5 Å². The zero-order valence-electron chi connectivity index (χ0n) is 21.5. The summed E-state index contributed by atoms with van der Waals surface area (Å²) in [5.41, 5.74) is 7.27. The van der Waals surface area contributed by atoms with Gasteiger partial charge in [-0.05, 0) is 88.3 Å². The molecule has 0 radical (unpaired) electrons. The Bertz CT molecular complexity index is 1490. The molecule has 0 fully saturated rings. The van der Waals surface area contributed by atoms with Crippen LogP contribution in [0.4, 0.5) is 0 Å². The summed E-state index contributed by atoms with van der Waals surface area (Å²) in [6.07, 6.45) is 6.21. The zero-order valence-corrected chi connectivity index (χ0v) is 21.5. The van der Waals surface area contributed by atoms with E-state index in [0.29, 0.717) is 19.8 Å². The minimum Gasteiger partial charge on any atom is -0.492 e. The predicted molar refractivity (Wildman–Crippen MR) is 155 cm³/mol. The molecule has 38 heavy (non-hydrogen) atoms. The lowest BCUT2D eigenvalue weighted by Gasteiger charge is -2.07. The van der Waals surface area contributed by atoms with Gasteiger partial charge in [-0.1, -0.05) is 48.6 Å². The Kier molecular flexibility index (Phi) is 9.40. The number of nitrogens with one attached hydrogen (secondary N) is 1. The second-order valence-corrected chi connectivity index (χ2v) is 8.90. The van der Waals surface area contributed by atoms with E-state index in [2.05, 4.69) is 5.32 Å². The van der Waals surface area contributed by atoms with Gasteiger partial charge in [-0.3, -0.25) is 9.59 Å². The molecule has 0 unspecified atom stereocenters. The first kappa shape index (κ1) is 26.8. The van der Waals surface area contributed by atoms with Crippen LogP contribution in [0.1, 0.15) is 17.5 Å². The molecule has 0 aliphatic rings. The molecule has 6 nitrogen and oxygen atoms in total. The Hall–Kier alpha value is -4.26. The zero-order chi connectivity index (χ0) is 26.7. The van der Waals surface area contributed by atoms with Crippen LogP contribution in [0.15, 0.2) is 84.9 Å². The number of fused-ring (bicyclic) bond motifs is 2. The molecule has 0 spiro atoms. The van der Waals surface area contributed by atoms with E-state index < -0.39 is 0 Å². The average molecular weight is 509 g/mol. The number of rotatable bonds is 13. The highest BCUT2D eigenvalue weighted by atomic mass is 16.5. The minimum atomic E-state index is -0.241. The lowest BCUT2D eigenvalue weighted by Crippen LogP contribution is -2.15. The van der Waals surface area contributed by atoms with E-state index in [1.807, 2.05) is 79.8 Å². The largest absolute Gasteiger partial charge is 0.492 e. The van der Waals surface area contributed by atoms with E-state index in [1.54, 1.807) is 12.2 Å². The highest BCUT2D eigenvalue weighted by molar-refractivity contribution is 6.11. The van der Waals surface area contributed by atoms with Gasteiger partial charge in [0.15, 0.2) is 11.6 Å². The van der Waals surface area contributed by atoms with E-state index in [-0.39, 0.29) is 18.0 Å². The molecule has 0 heterocycles. The fraction of sp³-hybridized carbons (Fsp3) is 0.188. The van der Waals surface area contributed by atoms with Gasteiger partial charge in [0.25, 0.3) is 0 Å². The second kappa shape index (κ2) is 13.3. The van der Waals surface area contributed by atoms with E-state index in [4.69, 9.17) is 15.2 Å². The third-order valence-corrected chi connectivity index (χ3v) is 5.95. The molecule has 0 aliphatic heterocycles. The standard InChI is InChI=1S/C32H32N2O4/c1-34-15-17-38-32-13-9-26-19-24(3-7-28(26)21-32)5-11-30(36)22-29(35)10-4-23-2-6-27-20-31(37-16-14-33)12-8-25(27)18-23/h2-13,18-21,34H,14-17,22,33H2,1H3/b10-4+,11-5+. The van der Waals surface area contributed by atoms with Gasteiger partial charge in [-0.2, -0.15) is 0 Å². The maximum atomic E-state index is 12.4. The third kappa shape index (κ3) is 7.62. The molecular weight excluding hydrogens is 476 g/mol. The van der Waals surface area contributed by atoms with Gasteiger partial charge < -0.3 is 20.5 Å². The average Bonchev–Trinajstić information content (AvgIpc) is 2.93. The third-order valence-electron chi connectivity index (χ3n) is 5.95. The van der Waals surface area contributed by atoms with Crippen molar-refractivity contribution in [2.45, 2.75) is 6.42 Å². The number of carbonyl (C=O) groups excluding carboxylic acids is 2. The highest BCUT2D eigenvalue weighted by Gasteiger charge is 2.05. The van der Waals surface area contributed by atoms with Gasteiger partial charge in [-0.25, -0.2) is 0 Å². The first-order valence-corrected chi connectivity index (χ1v) is 12.6. The van der Waals surface area contributed by atoms with Gasteiger partial charge in [-0.15, -0.1) is 0 Å². The van der Waals surface area contributed by atoms with E-state index >= 15 is 0 Å². The van der Waals surface area contributed by atoms with Crippen LogP contribution in [0.5, 0.6) is 11.5 Å². The van der Waals surface area contributed by atoms with Crippen LogP contribution in [-0.2, 0) is 9.59 Å². The van der Waals surface area contributed by atoms with Gasteiger partial charge in [0.05, 0.1) is 6.42 Å². The maximum Gasteiger partial charge on any atom is 0.163 e. The number of allylic oxidation sites excluding steroid dienone is 2. The summed E-state index contributed by atoms with van der Waals surface area (Å²) in [7, 11) is 1.89. The lowest BCUT2D eigenvalue weighted by atomic mass is 10.0. The Balaban J connectivity index is 1.32. The number of hydrogen-bond donors (Lipinski definition) is 2. The fourth-order valence-electron chi connectivity index (χ4n) is 3.99. The van der Waals surface area contributed by atoms with Crippen molar-refractivity contribution in [2.24, 2.45) is 5.73 Å². The van der Waals surface area contributed by atoms with Crippen molar-refractivity contribution in [1.82, 2.24) is 5.32 Å². The molecule has 4 aromatic carbocycles. The molecule has 0 saturated heterocycles. The molecule has 0 atom stereocenters. The van der Waals surface area contributed by atoms with Crippen LogP contribution in [0.25, 0.3) is 33.7 Å². The Morgan fingerprint density at radius 3 is 1.68 bits per heavy atom. The molecule has 0 bridgehead atoms. The van der Waals surface area contributed by atoms with E-state index in [0.717, 1.165) is 50.7 Å². The summed E-state index contributed by atoms with van der Waals surface area (Å²) >= 11 is 0. The number of likely N-dealkylation sites (N-methyl/N-ethyl adjacent to an activating group) is 1. The number of ketones is 2. The van der Waals surface area contributed by atoms with Crippen LogP contribution >= 0.6 is 0 Å². The topological polar surface area (TPSA) is 90.6 Å². The number of carbonyl (C=O) groups is 2. The molecule has 4 rings (SSSR count). The number of nitrogens with two attached hydrogens (primary N) is 1. The van der Waals surface area contributed by atoms with Crippen molar-refractivity contribution in [2.75, 3.05) is 33.4 Å². The van der Waals surface area contributed by atoms with Crippen molar-refractivity contribution in [3.8, 4) is 11.5 Å². The van der Waals surface area contributed by atoms with Gasteiger partial charge >= 0.3 is 0 Å². The summed E-state index contributed by atoms with van der Waals surface area (Å²) in [6.45, 7) is 2.32. The number of hydrogen-bond acceptors (Lipinski definition) is 6.